The fraction of sp³-hybridized carbons (Fsp3) is 0. The van der Waals surface area contributed by atoms with Gasteiger partial charge in [-0.2, -0.15) is 0 Å². The fourth-order valence-electron chi connectivity index (χ4n) is 1.43. The number of aromatic nitrogens is 1. The van der Waals surface area contributed by atoms with Crippen LogP contribution in [0.5, 0.6) is 0 Å². The van der Waals surface area contributed by atoms with Gasteiger partial charge in [0.1, 0.15) is 4.90 Å². The summed E-state index contributed by atoms with van der Waals surface area (Å²) in [5.41, 5.74) is 5.03. The second-order valence-corrected chi connectivity index (χ2v) is 5.83. The molecule has 1 aromatic heterocycles. The van der Waals surface area contributed by atoms with Crippen LogP contribution in [0.4, 0.5) is 20.2 Å². The Bertz CT molecular complexity index is 768. The van der Waals surface area contributed by atoms with E-state index in [1.54, 1.807) is 0 Å². The van der Waals surface area contributed by atoms with E-state index in [0.29, 0.717) is 6.07 Å². The van der Waals surface area contributed by atoms with Crippen LogP contribution >= 0.6 is 11.6 Å². The Morgan fingerprint density at radius 3 is 2.65 bits per heavy atom. The van der Waals surface area contributed by atoms with Crippen molar-refractivity contribution in [2.75, 3.05) is 10.5 Å². The van der Waals surface area contributed by atoms with E-state index < -0.39 is 26.6 Å². The number of nitrogen functional groups attached to an aromatic ring is 1. The third kappa shape index (κ3) is 2.81. The van der Waals surface area contributed by atoms with Crippen LogP contribution < -0.4 is 10.5 Å². The third-order valence-corrected chi connectivity index (χ3v) is 4.01. The van der Waals surface area contributed by atoms with Gasteiger partial charge in [-0.05, 0) is 18.2 Å². The minimum Gasteiger partial charge on any atom is -0.399 e. The Kier molecular flexibility index (Phi) is 3.78. The Morgan fingerprint density at radius 1 is 1.30 bits per heavy atom. The summed E-state index contributed by atoms with van der Waals surface area (Å²) in [5.74, 6) is -2.88. The van der Waals surface area contributed by atoms with Gasteiger partial charge in [-0.1, -0.05) is 11.6 Å². The Hall–Kier alpha value is -1.93. The van der Waals surface area contributed by atoms with E-state index in [1.807, 2.05) is 4.72 Å². The number of nitrogens with zero attached hydrogens (tertiary/aromatic N) is 1. The maximum atomic E-state index is 13.6. The summed E-state index contributed by atoms with van der Waals surface area (Å²) in [6, 6.07) is 2.84. The number of anilines is 2. The molecule has 2 rings (SSSR count). The topological polar surface area (TPSA) is 85.1 Å². The number of nitrogens with one attached hydrogen (secondary N) is 1. The summed E-state index contributed by atoms with van der Waals surface area (Å²) in [6.07, 6.45) is 2.49. The van der Waals surface area contributed by atoms with Crippen molar-refractivity contribution in [2.24, 2.45) is 0 Å². The zero-order chi connectivity index (χ0) is 14.9. The third-order valence-electron chi connectivity index (χ3n) is 2.32. The molecule has 0 saturated heterocycles. The fourth-order valence-corrected chi connectivity index (χ4v) is 2.83. The molecule has 20 heavy (non-hydrogen) atoms. The molecule has 0 unspecified atom stereocenters. The quantitative estimate of drug-likeness (QED) is 0.851. The smallest absolute Gasteiger partial charge is 0.265 e. The zero-order valence-electron chi connectivity index (χ0n) is 9.77. The summed E-state index contributed by atoms with van der Waals surface area (Å²) >= 11 is 5.76. The molecule has 0 spiro atoms. The van der Waals surface area contributed by atoms with Gasteiger partial charge < -0.3 is 5.73 Å². The molecule has 0 aliphatic heterocycles. The number of pyridine rings is 1. The normalized spacial score (nSPS) is 11.3. The molecule has 1 heterocycles. The van der Waals surface area contributed by atoms with Crippen LogP contribution in [0.1, 0.15) is 0 Å². The molecule has 0 radical (unpaired) electrons. The predicted octanol–water partition coefficient (Wildman–Crippen LogP) is 2.40. The zero-order valence-corrected chi connectivity index (χ0v) is 11.3. The van der Waals surface area contributed by atoms with E-state index >= 15 is 0 Å². The summed E-state index contributed by atoms with van der Waals surface area (Å²) in [6.45, 7) is 0. The van der Waals surface area contributed by atoms with Crippen molar-refractivity contribution in [3.05, 3.63) is 47.2 Å². The van der Waals surface area contributed by atoms with Crippen molar-refractivity contribution in [3.8, 4) is 0 Å². The number of nitrogens with two attached hydrogens (primary N) is 1. The van der Waals surface area contributed by atoms with Gasteiger partial charge in [-0.15, -0.1) is 0 Å². The second-order valence-electron chi connectivity index (χ2n) is 3.78. The highest BCUT2D eigenvalue weighted by Crippen LogP contribution is 2.26. The lowest BCUT2D eigenvalue weighted by Gasteiger charge is -2.10. The van der Waals surface area contributed by atoms with Gasteiger partial charge in [0.25, 0.3) is 10.0 Å². The highest BCUT2D eigenvalue weighted by atomic mass is 35.5. The first-order chi connectivity index (χ1) is 9.31. The van der Waals surface area contributed by atoms with Gasteiger partial charge >= 0.3 is 0 Å². The average Bonchev–Trinajstić information content (AvgIpc) is 2.36. The van der Waals surface area contributed by atoms with E-state index in [-0.39, 0.29) is 16.4 Å². The molecular weight excluding hydrogens is 312 g/mol. The van der Waals surface area contributed by atoms with Gasteiger partial charge in [-0.3, -0.25) is 9.71 Å². The van der Waals surface area contributed by atoms with Crippen LogP contribution in [0, 0.1) is 11.6 Å². The van der Waals surface area contributed by atoms with E-state index in [2.05, 4.69) is 4.98 Å². The molecule has 3 N–H and O–H groups in total. The Morgan fingerprint density at radius 2 is 2.00 bits per heavy atom. The number of hydrogen-bond donors (Lipinski definition) is 2. The highest BCUT2D eigenvalue weighted by molar-refractivity contribution is 7.92. The molecule has 106 valence electrons. The molecule has 9 heteroatoms. The number of hydrogen-bond acceptors (Lipinski definition) is 4. The van der Waals surface area contributed by atoms with Crippen molar-refractivity contribution >= 4 is 33.0 Å². The monoisotopic (exact) mass is 319 g/mol. The van der Waals surface area contributed by atoms with E-state index in [9.17, 15) is 17.2 Å². The summed E-state index contributed by atoms with van der Waals surface area (Å²) in [5, 5.41) is 0.0633. The van der Waals surface area contributed by atoms with Crippen LogP contribution in [0.3, 0.4) is 0 Å². The van der Waals surface area contributed by atoms with Gasteiger partial charge in [0, 0.05) is 11.9 Å². The van der Waals surface area contributed by atoms with Crippen LogP contribution in [-0.4, -0.2) is 13.4 Å². The molecule has 1 aromatic carbocycles. The van der Waals surface area contributed by atoms with Crippen molar-refractivity contribution in [1.29, 1.82) is 0 Å². The first-order valence-corrected chi connectivity index (χ1v) is 7.04. The number of benzene rings is 1. The number of sulfonamides is 1. The molecule has 0 saturated carbocycles. The maximum Gasteiger partial charge on any atom is 0.265 e. The first-order valence-electron chi connectivity index (χ1n) is 5.18. The molecule has 2 aromatic rings. The van der Waals surface area contributed by atoms with Crippen molar-refractivity contribution in [2.45, 2.75) is 4.90 Å². The van der Waals surface area contributed by atoms with Crippen LogP contribution in [0.25, 0.3) is 0 Å². The first kappa shape index (κ1) is 14.5. The molecule has 0 atom stereocenters. The lowest BCUT2D eigenvalue weighted by Crippen LogP contribution is -2.16. The Labute approximate surface area is 118 Å². The van der Waals surface area contributed by atoms with Crippen molar-refractivity contribution < 1.29 is 17.2 Å². The van der Waals surface area contributed by atoms with Crippen molar-refractivity contribution in [3.63, 3.8) is 0 Å². The highest BCUT2D eigenvalue weighted by Gasteiger charge is 2.23. The SMILES string of the molecule is Nc1cc(F)c(F)c(S(=O)(=O)Nc2cnccc2Cl)c1. The summed E-state index contributed by atoms with van der Waals surface area (Å²) in [4.78, 5) is 2.77. The molecule has 0 bridgehead atoms. The minimum atomic E-state index is -4.38. The molecule has 0 aliphatic carbocycles. The average molecular weight is 320 g/mol. The molecule has 0 amide bonds. The lowest BCUT2D eigenvalue weighted by molar-refractivity contribution is 0.486. The standard InChI is InChI=1S/C11H8ClF2N3O2S/c12-7-1-2-16-5-9(7)17-20(18,19)10-4-6(15)3-8(13)11(10)14/h1-5,17H,15H2. The maximum absolute atomic E-state index is 13.6. The number of rotatable bonds is 3. The van der Waals surface area contributed by atoms with E-state index in [1.165, 1.54) is 12.3 Å². The summed E-state index contributed by atoms with van der Waals surface area (Å²) in [7, 11) is -4.38. The largest absolute Gasteiger partial charge is 0.399 e. The van der Waals surface area contributed by atoms with Gasteiger partial charge in [0.15, 0.2) is 11.6 Å². The van der Waals surface area contributed by atoms with E-state index in [0.717, 1.165) is 12.3 Å². The molecular formula is C11H8ClF2N3O2S. The van der Waals surface area contributed by atoms with Crippen LogP contribution in [0.15, 0.2) is 35.5 Å². The molecule has 0 aliphatic rings. The number of halogens is 3. The van der Waals surface area contributed by atoms with E-state index in [4.69, 9.17) is 17.3 Å². The molecule has 5 nitrogen and oxygen atoms in total. The minimum absolute atomic E-state index is 0.0589. The summed E-state index contributed by atoms with van der Waals surface area (Å²) < 4.78 is 52.8. The predicted molar refractivity (Wildman–Crippen MR) is 70.8 cm³/mol. The van der Waals surface area contributed by atoms with Gasteiger partial charge in [0.2, 0.25) is 0 Å². The van der Waals surface area contributed by atoms with Crippen LogP contribution in [-0.2, 0) is 10.0 Å². The van der Waals surface area contributed by atoms with Crippen molar-refractivity contribution in [1.82, 2.24) is 4.98 Å². The lowest BCUT2D eigenvalue weighted by atomic mass is 10.3. The second kappa shape index (κ2) is 5.22. The van der Waals surface area contributed by atoms with Crippen LogP contribution in [0.2, 0.25) is 5.02 Å². The Balaban J connectivity index is 2.49. The molecule has 0 fully saturated rings. The van der Waals surface area contributed by atoms with Gasteiger partial charge in [-0.25, -0.2) is 17.2 Å². The van der Waals surface area contributed by atoms with Gasteiger partial charge in [0.05, 0.1) is 16.9 Å².